The van der Waals surface area contributed by atoms with E-state index in [1.165, 1.54) is 70.6 Å². The molecule has 2 saturated carbocycles. The second-order valence-electron chi connectivity index (χ2n) is 20.7. The van der Waals surface area contributed by atoms with Crippen LogP contribution >= 0.6 is 11.6 Å². The molecule has 56 heavy (non-hydrogen) atoms. The van der Waals surface area contributed by atoms with E-state index in [2.05, 4.69) is 44.6 Å². The molecule has 3 heterocycles. The number of rotatable bonds is 8. The van der Waals surface area contributed by atoms with Gasteiger partial charge in [0.2, 0.25) is 0 Å². The molecule has 0 bridgehead atoms. The average Bonchev–Trinajstić information content (AvgIpc) is 3.41. The van der Waals surface area contributed by atoms with Crippen molar-refractivity contribution >= 4 is 29.9 Å². The van der Waals surface area contributed by atoms with E-state index in [-0.39, 0.29) is 46.8 Å². The first-order chi connectivity index (χ1) is 26.1. The average molecular weight is 814 g/mol. The SMILES string of the molecule is CC(C)(C)OC(=O)N1CCC(CN2C(=O)OCC2(C)C)(C2CCCCC2)CC1.CC(C)(CO)NCC1(C2CCCCC2)CCN(C(=O)OC(C)(C)C)CC1.CCl. The molecule has 0 aromatic rings. The molecule has 3 amide bonds. The third kappa shape index (κ3) is 13.8. The summed E-state index contributed by atoms with van der Waals surface area (Å²) < 4.78 is 16.5. The van der Waals surface area contributed by atoms with Gasteiger partial charge in [-0.05, 0) is 143 Å². The van der Waals surface area contributed by atoms with E-state index in [0.717, 1.165) is 57.8 Å². The Bertz CT molecular complexity index is 1230. The van der Waals surface area contributed by atoms with Crippen LogP contribution in [0.1, 0.15) is 159 Å². The van der Waals surface area contributed by atoms with Gasteiger partial charge in [-0.25, -0.2) is 14.4 Å². The minimum Gasteiger partial charge on any atom is -0.447 e. The summed E-state index contributed by atoms with van der Waals surface area (Å²) >= 11 is 4.64. The van der Waals surface area contributed by atoms with Crippen LogP contribution in [-0.4, -0.2) is 119 Å². The van der Waals surface area contributed by atoms with Gasteiger partial charge in [0.25, 0.3) is 0 Å². The lowest BCUT2D eigenvalue weighted by atomic mass is 9.63. The van der Waals surface area contributed by atoms with Crippen molar-refractivity contribution in [2.24, 2.45) is 22.7 Å². The summed E-state index contributed by atoms with van der Waals surface area (Å²) in [5, 5.41) is 13.2. The molecule has 0 radical (unpaired) electrons. The van der Waals surface area contributed by atoms with Gasteiger partial charge in [0.1, 0.15) is 17.8 Å². The Morgan fingerprint density at radius 3 is 1.48 bits per heavy atom. The second-order valence-corrected chi connectivity index (χ2v) is 20.7. The third-order valence-electron chi connectivity index (χ3n) is 13.1. The number of nitrogens with one attached hydrogen (secondary N) is 1. The fourth-order valence-electron chi connectivity index (χ4n) is 9.48. The van der Waals surface area contributed by atoms with E-state index in [4.69, 9.17) is 14.2 Å². The smallest absolute Gasteiger partial charge is 0.410 e. The molecule has 0 aromatic heterocycles. The lowest BCUT2D eigenvalue weighted by Crippen LogP contribution is -2.55. The van der Waals surface area contributed by atoms with E-state index < -0.39 is 11.2 Å². The Hall–Kier alpha value is -1.98. The predicted octanol–water partition coefficient (Wildman–Crippen LogP) is 9.61. The van der Waals surface area contributed by atoms with Crippen molar-refractivity contribution in [2.45, 2.75) is 181 Å². The Kier molecular flexibility index (Phi) is 17.6. The van der Waals surface area contributed by atoms with Gasteiger partial charge in [-0.3, -0.25) is 4.90 Å². The van der Waals surface area contributed by atoms with Crippen LogP contribution in [0.25, 0.3) is 0 Å². The summed E-state index contributed by atoms with van der Waals surface area (Å²) in [5.41, 5.74) is -1.14. The number of carbonyl (C=O) groups excluding carboxylic acids is 3. The van der Waals surface area contributed by atoms with E-state index in [0.29, 0.717) is 25.6 Å². The van der Waals surface area contributed by atoms with Crippen molar-refractivity contribution < 1.29 is 33.7 Å². The topological polar surface area (TPSA) is 121 Å². The van der Waals surface area contributed by atoms with Gasteiger partial charge in [-0.2, -0.15) is 0 Å². The van der Waals surface area contributed by atoms with Crippen molar-refractivity contribution in [2.75, 3.05) is 58.9 Å². The summed E-state index contributed by atoms with van der Waals surface area (Å²) in [4.78, 5) is 43.1. The van der Waals surface area contributed by atoms with Crippen molar-refractivity contribution in [3.05, 3.63) is 0 Å². The number of aliphatic hydroxyl groups is 1. The molecule has 326 valence electrons. The third-order valence-corrected chi connectivity index (χ3v) is 13.1. The lowest BCUT2D eigenvalue weighted by Gasteiger charge is -2.50. The predicted molar refractivity (Wildman–Crippen MR) is 225 cm³/mol. The van der Waals surface area contributed by atoms with Crippen LogP contribution in [0.15, 0.2) is 0 Å². The molecule has 5 rings (SSSR count). The van der Waals surface area contributed by atoms with Crippen molar-refractivity contribution in [1.82, 2.24) is 20.0 Å². The van der Waals surface area contributed by atoms with E-state index in [1.807, 2.05) is 56.2 Å². The Balaban J connectivity index is 0.000000289. The van der Waals surface area contributed by atoms with Crippen LogP contribution in [0.5, 0.6) is 0 Å². The molecule has 12 heteroatoms. The quantitative estimate of drug-likeness (QED) is 0.184. The number of hydrogen-bond acceptors (Lipinski definition) is 8. The summed E-state index contributed by atoms with van der Waals surface area (Å²) in [6.07, 6.45) is 17.7. The minimum absolute atomic E-state index is 0.0690. The fourth-order valence-corrected chi connectivity index (χ4v) is 9.48. The van der Waals surface area contributed by atoms with Gasteiger partial charge >= 0.3 is 18.3 Å². The largest absolute Gasteiger partial charge is 0.447 e. The number of halogens is 1. The highest BCUT2D eigenvalue weighted by Crippen LogP contribution is 2.48. The van der Waals surface area contributed by atoms with Gasteiger partial charge in [0.15, 0.2) is 0 Å². The number of piperidine rings is 2. The number of nitrogens with zero attached hydrogens (tertiary/aromatic N) is 3. The summed E-state index contributed by atoms with van der Waals surface area (Å²) in [6.45, 7) is 25.0. The maximum absolute atomic E-state index is 12.5. The molecule has 3 saturated heterocycles. The van der Waals surface area contributed by atoms with E-state index in [9.17, 15) is 19.5 Å². The van der Waals surface area contributed by atoms with E-state index >= 15 is 0 Å². The molecule has 0 aromatic carbocycles. The zero-order chi connectivity index (χ0) is 42.0. The van der Waals surface area contributed by atoms with Gasteiger partial charge in [-0.15, -0.1) is 11.6 Å². The van der Waals surface area contributed by atoms with Crippen molar-refractivity contribution in [3.63, 3.8) is 0 Å². The summed E-state index contributed by atoms with van der Waals surface area (Å²) in [7, 11) is 0. The molecule has 2 aliphatic carbocycles. The lowest BCUT2D eigenvalue weighted by molar-refractivity contribution is -0.0211. The molecule has 0 spiro atoms. The highest BCUT2D eigenvalue weighted by atomic mass is 35.5. The van der Waals surface area contributed by atoms with Gasteiger partial charge in [0, 0.05) is 51.2 Å². The maximum Gasteiger partial charge on any atom is 0.410 e. The number of aliphatic hydroxyl groups excluding tert-OH is 1. The molecule has 5 fully saturated rings. The molecule has 3 aliphatic heterocycles. The number of carbonyl (C=O) groups is 3. The molecular formula is C44H81ClN4O7. The van der Waals surface area contributed by atoms with Crippen LogP contribution < -0.4 is 5.32 Å². The van der Waals surface area contributed by atoms with Crippen LogP contribution in [-0.2, 0) is 14.2 Å². The minimum atomic E-state index is -0.474. The molecule has 5 aliphatic rings. The highest BCUT2D eigenvalue weighted by molar-refractivity contribution is 6.15. The Labute approximate surface area is 345 Å². The van der Waals surface area contributed by atoms with Crippen LogP contribution in [0, 0.1) is 22.7 Å². The van der Waals surface area contributed by atoms with Crippen LogP contribution in [0.3, 0.4) is 0 Å². The number of cyclic esters (lactones) is 1. The molecule has 0 atom stereocenters. The summed E-state index contributed by atoms with van der Waals surface area (Å²) in [6, 6.07) is 0. The molecule has 11 nitrogen and oxygen atoms in total. The number of likely N-dealkylation sites (tertiary alicyclic amines) is 2. The number of alkyl halides is 1. The molecule has 2 N–H and O–H groups in total. The fraction of sp³-hybridized carbons (Fsp3) is 0.932. The van der Waals surface area contributed by atoms with Gasteiger partial charge in [0.05, 0.1) is 12.1 Å². The maximum atomic E-state index is 12.5. The Morgan fingerprint density at radius 1 is 0.732 bits per heavy atom. The molecular weight excluding hydrogens is 732 g/mol. The van der Waals surface area contributed by atoms with Crippen molar-refractivity contribution in [1.29, 1.82) is 0 Å². The zero-order valence-electron chi connectivity index (χ0n) is 37.3. The van der Waals surface area contributed by atoms with Gasteiger partial charge < -0.3 is 34.4 Å². The number of amides is 3. The van der Waals surface area contributed by atoms with Crippen LogP contribution in [0.2, 0.25) is 0 Å². The number of ether oxygens (including phenoxy) is 3. The van der Waals surface area contributed by atoms with Crippen LogP contribution in [0.4, 0.5) is 14.4 Å². The van der Waals surface area contributed by atoms with Gasteiger partial charge in [-0.1, -0.05) is 38.5 Å². The first-order valence-corrected chi connectivity index (χ1v) is 22.5. The monoisotopic (exact) mass is 813 g/mol. The van der Waals surface area contributed by atoms with E-state index in [1.54, 1.807) is 0 Å². The Morgan fingerprint density at radius 2 is 1.12 bits per heavy atom. The summed E-state index contributed by atoms with van der Waals surface area (Å²) in [5.74, 6) is 1.34. The van der Waals surface area contributed by atoms with Crippen molar-refractivity contribution in [3.8, 4) is 0 Å². The first kappa shape index (κ1) is 48.4. The normalized spacial score (nSPS) is 23.2. The standard InChI is InChI=1S/C22H38N2O4.C21H40N2O3.CH3Cl/c1-20(2,3)28-18(25)23-13-11-22(12-14-23,17-9-7-6-8-10-17)15-24-19(26)27-16-21(24,4)5;1-19(2,3)26-18(25)23-13-11-21(12-14-23,15-22-20(4,5)16-24)17-9-7-6-8-10-17;1-2/h17H,6-16H2,1-5H3;17,22,24H,6-16H2,1-5H3;1H3. The number of hydrogen-bond donors (Lipinski definition) is 2. The zero-order valence-corrected chi connectivity index (χ0v) is 38.1. The molecule has 0 unspecified atom stereocenters. The second kappa shape index (κ2) is 20.3. The first-order valence-electron chi connectivity index (χ1n) is 21.7. The highest BCUT2D eigenvalue weighted by Gasteiger charge is 2.50.